The van der Waals surface area contributed by atoms with Gasteiger partial charge in [0.15, 0.2) is 10.8 Å². The average molecular weight is 595 g/mol. The number of thiazole rings is 1. The fraction of sp³-hybridized carbons (Fsp3) is 0.333. The second-order valence-corrected chi connectivity index (χ2v) is 10.2. The summed E-state index contributed by atoms with van der Waals surface area (Å²) in [5, 5.41) is 20.8. The van der Waals surface area contributed by atoms with Gasteiger partial charge < -0.3 is 26.5 Å². The van der Waals surface area contributed by atoms with Gasteiger partial charge >= 0.3 is 23.0 Å². The summed E-state index contributed by atoms with van der Waals surface area (Å²) in [5.41, 5.74) is 5.81. The summed E-state index contributed by atoms with van der Waals surface area (Å²) in [6.45, 7) is 0. The Morgan fingerprint density at radius 1 is 1.37 bits per heavy atom. The molecule has 2 atom stereocenters. The molecule has 0 bridgehead atoms. The van der Waals surface area contributed by atoms with Gasteiger partial charge in [-0.2, -0.15) is 0 Å². The van der Waals surface area contributed by atoms with Crippen LogP contribution in [0.25, 0.3) is 0 Å². The van der Waals surface area contributed by atoms with E-state index in [1.54, 1.807) is 0 Å². The Labute approximate surface area is 248 Å². The van der Waals surface area contributed by atoms with Crippen LogP contribution in [0.2, 0.25) is 0 Å². The number of β-lactam (4-membered cyclic amide) rings is 1. The van der Waals surface area contributed by atoms with E-state index < -0.39 is 41.0 Å². The standard InChI is InChI=1S/C18H16N8O7S3.Na.H2O/c1-25-18(22-12(28)13(29)23-25)36-4-6-3-34-15-9(14(30)26(15)10(6)16(31)32)21-11(27)8(24-33-2)7-5-35-17(19)20-7;;/h5,9,15H,3-4H2,1-2H3,(H3-,19,20,21,27,31,32);;1H2/p+1/b24-8-;;/t9-,15-;;/m1../s1. The first-order valence-corrected chi connectivity index (χ1v) is 12.8. The number of fused-ring (bicyclic) bond motifs is 1. The molecular weight excluding hydrogens is 575 g/mol. The largest absolute Gasteiger partial charge is 0.477 e. The van der Waals surface area contributed by atoms with Crippen molar-refractivity contribution in [1.29, 1.82) is 0 Å². The summed E-state index contributed by atoms with van der Waals surface area (Å²) in [7, 11) is 2.68. The van der Waals surface area contributed by atoms with Crippen molar-refractivity contribution in [3.05, 3.63) is 22.3 Å². The van der Waals surface area contributed by atoms with Crippen LogP contribution in [-0.4, -0.2) is 132 Å². The number of nitrogens with zero attached hydrogens (tertiary/aromatic N) is 6. The molecule has 3 aliphatic heterocycles. The number of carboxylic acid groups (broad SMARTS) is 1. The maximum atomic E-state index is 12.9. The van der Waals surface area contributed by atoms with E-state index in [4.69, 9.17) is 10.6 Å². The van der Waals surface area contributed by atoms with E-state index in [0.29, 0.717) is 5.57 Å². The Balaban J connectivity index is 0.00000253. The molecule has 3 aliphatic rings. The number of anilines is 1. The molecule has 197 valence electrons. The minimum absolute atomic E-state index is 0. The number of nitrogens with two attached hydrogens (primary N) is 1. The zero-order valence-electron chi connectivity index (χ0n) is 20.0. The van der Waals surface area contributed by atoms with Crippen LogP contribution in [-0.2, 0) is 28.8 Å². The third-order valence-corrected chi connectivity index (χ3v) is 8.09. The van der Waals surface area contributed by atoms with Crippen molar-refractivity contribution in [2.75, 3.05) is 31.4 Å². The summed E-state index contributed by atoms with van der Waals surface area (Å²) >= 11 is 3.37. The van der Waals surface area contributed by atoms with Gasteiger partial charge in [0.05, 0.1) is 0 Å². The number of aliphatic imine (C=N–C) groups is 1. The molecule has 0 aromatic carbocycles. The first kappa shape index (κ1) is 31.5. The van der Waals surface area contributed by atoms with Crippen LogP contribution in [0.3, 0.4) is 0 Å². The SMILES string of the molecule is CO/N=C(\C(=O)N[C@@H]1C(=O)N2C(C(=O)O)=C(CSC3=NC(=O)C(=O)N=[N+]3C)CS[C@H]12)c1csc(N)n1.O.[Na]. The third kappa shape index (κ3) is 6.14. The number of amidine groups is 1. The number of hydrogen-bond donors (Lipinski definition) is 3. The summed E-state index contributed by atoms with van der Waals surface area (Å²) in [6, 6.07) is -1.000. The summed E-state index contributed by atoms with van der Waals surface area (Å²) < 4.78 is 1.13. The second-order valence-electron chi connectivity index (χ2n) is 7.23. The number of amides is 4. The van der Waals surface area contributed by atoms with Crippen LogP contribution in [0.4, 0.5) is 5.13 Å². The summed E-state index contributed by atoms with van der Waals surface area (Å²) in [4.78, 5) is 74.1. The van der Waals surface area contributed by atoms with E-state index in [0.717, 1.165) is 32.7 Å². The zero-order chi connectivity index (χ0) is 26.1. The van der Waals surface area contributed by atoms with Gasteiger partial charge in [0.1, 0.15) is 37.0 Å². The van der Waals surface area contributed by atoms with Gasteiger partial charge in [-0.15, -0.1) is 27.8 Å². The predicted octanol–water partition coefficient (Wildman–Crippen LogP) is -2.14. The molecule has 38 heavy (non-hydrogen) atoms. The Kier molecular flexibility index (Phi) is 10.7. The number of carbonyl (C=O) groups excluding carboxylic acids is 4. The van der Waals surface area contributed by atoms with Gasteiger partial charge in [-0.05, 0) is 22.4 Å². The van der Waals surface area contributed by atoms with Gasteiger partial charge in [0, 0.05) is 51.4 Å². The summed E-state index contributed by atoms with van der Waals surface area (Å²) in [5.74, 6) is -4.37. The topological polar surface area (TPSA) is 241 Å². The van der Waals surface area contributed by atoms with Gasteiger partial charge in [-0.3, -0.25) is 19.3 Å². The zero-order valence-corrected chi connectivity index (χ0v) is 24.5. The molecule has 1 saturated heterocycles. The van der Waals surface area contributed by atoms with E-state index in [1.165, 1.54) is 31.3 Å². The van der Waals surface area contributed by atoms with Crippen molar-refractivity contribution >= 4 is 110 Å². The van der Waals surface area contributed by atoms with Crippen LogP contribution in [0.15, 0.2) is 31.9 Å². The minimum Gasteiger partial charge on any atom is -0.477 e. The molecule has 0 unspecified atom stereocenters. The fourth-order valence-corrected chi connectivity index (χ4v) is 6.34. The molecule has 0 aliphatic carbocycles. The predicted molar refractivity (Wildman–Crippen MR) is 138 cm³/mol. The molecule has 0 saturated carbocycles. The Bertz CT molecular complexity index is 1330. The van der Waals surface area contributed by atoms with Crippen LogP contribution >= 0.6 is 34.9 Å². The molecule has 4 rings (SSSR count). The monoisotopic (exact) mass is 594 g/mol. The van der Waals surface area contributed by atoms with Crippen LogP contribution < -0.4 is 11.1 Å². The molecule has 1 aromatic rings. The van der Waals surface area contributed by atoms with E-state index in [-0.39, 0.29) is 73.9 Å². The number of rotatable bonds is 7. The van der Waals surface area contributed by atoms with Crippen molar-refractivity contribution in [2.45, 2.75) is 11.4 Å². The van der Waals surface area contributed by atoms with Gasteiger partial charge in [0.2, 0.25) is 0 Å². The number of carboxylic acids is 1. The Morgan fingerprint density at radius 2 is 2.08 bits per heavy atom. The van der Waals surface area contributed by atoms with Crippen molar-refractivity contribution in [3.8, 4) is 0 Å². The molecule has 1 radical (unpaired) electrons. The number of nitrogens with one attached hydrogen (secondary N) is 1. The smallest absolute Gasteiger partial charge is 0.446 e. The normalized spacial score (nSPS) is 20.8. The molecule has 0 spiro atoms. The minimum atomic E-state index is -1.32. The van der Waals surface area contributed by atoms with Gasteiger partial charge in [-0.1, -0.05) is 5.16 Å². The first-order valence-electron chi connectivity index (χ1n) is 9.91. The first-order chi connectivity index (χ1) is 17.1. The number of azo groups is 2. The quantitative estimate of drug-likeness (QED) is 0.0768. The van der Waals surface area contributed by atoms with Gasteiger partial charge in [-0.25, -0.2) is 14.6 Å². The molecular formula is C18H19N8NaO8S3+. The number of hydrogen-bond acceptors (Lipinski definition) is 12. The maximum Gasteiger partial charge on any atom is 0.446 e. The van der Waals surface area contributed by atoms with Crippen LogP contribution in [0, 0.1) is 0 Å². The van der Waals surface area contributed by atoms with Gasteiger partial charge in [0.25, 0.3) is 11.8 Å². The maximum absolute atomic E-state index is 12.9. The number of oxime groups is 1. The molecule has 4 heterocycles. The molecule has 1 fully saturated rings. The van der Waals surface area contributed by atoms with Crippen molar-refractivity contribution < 1.29 is 44.1 Å². The second kappa shape index (κ2) is 12.9. The van der Waals surface area contributed by atoms with E-state index in [1.807, 2.05) is 0 Å². The van der Waals surface area contributed by atoms with Crippen molar-refractivity contribution in [3.63, 3.8) is 0 Å². The average Bonchev–Trinajstić information content (AvgIpc) is 3.27. The van der Waals surface area contributed by atoms with E-state index in [9.17, 15) is 29.1 Å². The summed E-state index contributed by atoms with van der Waals surface area (Å²) in [6.07, 6.45) is 0. The molecule has 6 N–H and O–H groups in total. The fourth-order valence-electron chi connectivity index (χ4n) is 3.40. The third-order valence-electron chi connectivity index (χ3n) is 4.97. The molecule has 4 amide bonds. The number of aromatic nitrogens is 1. The number of nitrogen functional groups attached to an aromatic ring is 1. The van der Waals surface area contributed by atoms with Crippen molar-refractivity contribution in [1.82, 2.24) is 15.2 Å². The Hall–Kier alpha value is -2.68. The Morgan fingerprint density at radius 3 is 2.68 bits per heavy atom. The number of aliphatic carboxylic acids is 1. The van der Waals surface area contributed by atoms with E-state index >= 15 is 0 Å². The van der Waals surface area contributed by atoms with Crippen LogP contribution in [0.1, 0.15) is 5.69 Å². The number of carbonyl (C=O) groups is 5. The van der Waals surface area contributed by atoms with Crippen molar-refractivity contribution in [2.24, 2.45) is 15.3 Å². The van der Waals surface area contributed by atoms with E-state index in [2.05, 4.69) is 25.6 Å². The molecule has 16 nitrogen and oxygen atoms in total. The molecule has 1 aromatic heterocycles. The molecule has 20 heteroatoms. The van der Waals surface area contributed by atoms with Crippen LogP contribution in [0.5, 0.6) is 0 Å². The number of thioether (sulfide) groups is 2.